The van der Waals surface area contributed by atoms with Gasteiger partial charge in [-0.15, -0.1) is 10.2 Å². The molecule has 0 bridgehead atoms. The van der Waals surface area contributed by atoms with Crippen LogP contribution in [0.3, 0.4) is 0 Å². The summed E-state index contributed by atoms with van der Waals surface area (Å²) >= 11 is 1.53. The van der Waals surface area contributed by atoms with Gasteiger partial charge in [0.2, 0.25) is 0 Å². The number of hydrogen-bond donors (Lipinski definition) is 0. The maximum Gasteiger partial charge on any atom is 0.196 e. The minimum atomic E-state index is -0.156. The quantitative estimate of drug-likeness (QED) is 0.640. The molecule has 3 rings (SSSR count). The number of pyridine rings is 1. The highest BCUT2D eigenvalue weighted by atomic mass is 32.2. The Balaban J connectivity index is 2.05. The fraction of sp³-hybridized carbons (Fsp3) is 0.368. The van der Waals surface area contributed by atoms with Gasteiger partial charge in [-0.3, -0.25) is 4.40 Å². The lowest BCUT2D eigenvalue weighted by Crippen LogP contribution is -2.02. The van der Waals surface area contributed by atoms with Gasteiger partial charge in [-0.05, 0) is 50.5 Å². The van der Waals surface area contributed by atoms with E-state index in [0.29, 0.717) is 18.6 Å². The van der Waals surface area contributed by atoms with E-state index in [1.54, 1.807) is 0 Å². The Morgan fingerprint density at radius 2 is 1.92 bits per heavy atom. The Kier molecular flexibility index (Phi) is 4.92. The van der Waals surface area contributed by atoms with Crippen LogP contribution in [0.1, 0.15) is 29.5 Å². The van der Waals surface area contributed by atoms with Gasteiger partial charge >= 0.3 is 0 Å². The lowest BCUT2D eigenvalue weighted by atomic mass is 10.0. The highest BCUT2D eigenvalue weighted by Gasteiger charge is 2.16. The molecule has 6 heteroatoms. The second-order valence-corrected chi connectivity index (χ2v) is 7.30. The van der Waals surface area contributed by atoms with Gasteiger partial charge in [0.05, 0.1) is 23.6 Å². The highest BCUT2D eigenvalue weighted by Crippen LogP contribution is 2.30. The summed E-state index contributed by atoms with van der Waals surface area (Å²) in [5, 5.41) is 28.6. The molecule has 0 saturated heterocycles. The first-order valence-corrected chi connectivity index (χ1v) is 9.18. The first kappa shape index (κ1) is 17.3. The number of benzene rings is 1. The Bertz CT molecular complexity index is 1020. The van der Waals surface area contributed by atoms with Crippen LogP contribution in [-0.2, 0) is 0 Å². The molecule has 5 nitrogen and oxygen atoms in total. The van der Waals surface area contributed by atoms with E-state index in [2.05, 4.69) is 65.7 Å². The van der Waals surface area contributed by atoms with Gasteiger partial charge in [0.25, 0.3) is 0 Å². The predicted octanol–water partition coefficient (Wildman–Crippen LogP) is 4.34. The summed E-state index contributed by atoms with van der Waals surface area (Å²) in [5.74, 6) is 0.455. The third-order valence-electron chi connectivity index (χ3n) is 4.30. The van der Waals surface area contributed by atoms with E-state index in [9.17, 15) is 5.26 Å². The van der Waals surface area contributed by atoms with Crippen molar-refractivity contribution in [2.75, 3.05) is 5.75 Å². The van der Waals surface area contributed by atoms with Crippen molar-refractivity contribution >= 4 is 28.3 Å². The standard InChI is InChI=1S/C19H19N5S/c1-12-7-14(3)18-16(8-12)13(2)9-17-22-23-19(24(17)18)25-11-15(10-21)5-4-6-20/h7-9,15H,4-5,11H2,1-3H3/t15-/m1/s1. The van der Waals surface area contributed by atoms with Crippen LogP contribution < -0.4 is 0 Å². The highest BCUT2D eigenvalue weighted by molar-refractivity contribution is 7.99. The van der Waals surface area contributed by atoms with Crippen molar-refractivity contribution in [3.8, 4) is 12.1 Å². The van der Waals surface area contributed by atoms with Crippen molar-refractivity contribution in [3.05, 3.63) is 34.9 Å². The molecule has 3 aromatic rings. The van der Waals surface area contributed by atoms with Crippen molar-refractivity contribution < 1.29 is 0 Å². The normalized spacial score (nSPS) is 12.2. The molecule has 0 radical (unpaired) electrons. The molecule has 0 spiro atoms. The van der Waals surface area contributed by atoms with E-state index in [1.807, 2.05) is 0 Å². The van der Waals surface area contributed by atoms with Gasteiger partial charge in [-0.2, -0.15) is 10.5 Å². The number of nitrogens with zero attached hydrogens (tertiary/aromatic N) is 5. The molecule has 0 aliphatic rings. The van der Waals surface area contributed by atoms with Crippen LogP contribution in [0.4, 0.5) is 0 Å². The van der Waals surface area contributed by atoms with E-state index >= 15 is 0 Å². The Hall–Kier alpha value is -2.57. The second-order valence-electron chi connectivity index (χ2n) is 6.32. The molecule has 2 aromatic heterocycles. The minimum absolute atomic E-state index is 0.156. The maximum atomic E-state index is 9.26. The largest absolute Gasteiger partial charge is 0.270 e. The average molecular weight is 349 g/mol. The Morgan fingerprint density at radius 3 is 2.64 bits per heavy atom. The first-order valence-electron chi connectivity index (χ1n) is 8.20. The molecule has 0 saturated carbocycles. The lowest BCUT2D eigenvalue weighted by Gasteiger charge is -2.12. The van der Waals surface area contributed by atoms with Crippen LogP contribution in [0.2, 0.25) is 0 Å². The van der Waals surface area contributed by atoms with E-state index in [0.717, 1.165) is 16.3 Å². The smallest absolute Gasteiger partial charge is 0.196 e. The van der Waals surface area contributed by atoms with E-state index in [4.69, 9.17) is 5.26 Å². The molecular formula is C19H19N5S. The van der Waals surface area contributed by atoms with Gasteiger partial charge in [0.1, 0.15) is 0 Å². The molecule has 1 atom stereocenters. The Morgan fingerprint density at radius 1 is 1.12 bits per heavy atom. The van der Waals surface area contributed by atoms with Gasteiger partial charge in [0.15, 0.2) is 10.8 Å². The SMILES string of the molecule is Cc1cc(C)c2c(c1)c(C)cc1nnc(SC[C@@H](C#N)CCC#N)n12. The molecular weight excluding hydrogens is 330 g/mol. The van der Waals surface area contributed by atoms with Crippen LogP contribution in [0.15, 0.2) is 23.4 Å². The molecule has 25 heavy (non-hydrogen) atoms. The zero-order valence-corrected chi connectivity index (χ0v) is 15.4. The van der Waals surface area contributed by atoms with Crippen molar-refractivity contribution in [2.45, 2.75) is 38.8 Å². The summed E-state index contributed by atoms with van der Waals surface area (Å²) in [6.45, 7) is 6.30. The summed E-state index contributed by atoms with van der Waals surface area (Å²) in [5.41, 5.74) is 5.55. The van der Waals surface area contributed by atoms with E-state index in [-0.39, 0.29) is 5.92 Å². The molecule has 2 heterocycles. The van der Waals surface area contributed by atoms with Gasteiger partial charge in [-0.25, -0.2) is 0 Å². The van der Waals surface area contributed by atoms with Crippen molar-refractivity contribution in [1.29, 1.82) is 10.5 Å². The molecule has 0 aliphatic heterocycles. The number of fused-ring (bicyclic) bond motifs is 3. The number of aromatic nitrogens is 3. The lowest BCUT2D eigenvalue weighted by molar-refractivity contribution is 0.684. The van der Waals surface area contributed by atoms with Gasteiger partial charge in [-0.1, -0.05) is 23.4 Å². The average Bonchev–Trinajstić information content (AvgIpc) is 2.97. The number of thioether (sulfide) groups is 1. The second kappa shape index (κ2) is 7.13. The Labute approximate surface area is 151 Å². The predicted molar refractivity (Wildman–Crippen MR) is 99.4 cm³/mol. The topological polar surface area (TPSA) is 77.8 Å². The fourth-order valence-corrected chi connectivity index (χ4v) is 4.11. The van der Waals surface area contributed by atoms with Crippen molar-refractivity contribution in [2.24, 2.45) is 5.92 Å². The number of nitriles is 2. The number of rotatable bonds is 5. The van der Waals surface area contributed by atoms with Crippen LogP contribution in [0, 0.1) is 49.4 Å². The molecule has 0 N–H and O–H groups in total. The number of hydrogen-bond acceptors (Lipinski definition) is 5. The summed E-state index contributed by atoms with van der Waals surface area (Å²) in [4.78, 5) is 0. The molecule has 0 aliphatic carbocycles. The third-order valence-corrected chi connectivity index (χ3v) is 5.39. The molecule has 0 amide bonds. The minimum Gasteiger partial charge on any atom is -0.270 e. The summed E-state index contributed by atoms with van der Waals surface area (Å²) in [7, 11) is 0. The van der Waals surface area contributed by atoms with Crippen LogP contribution in [0.25, 0.3) is 16.6 Å². The zero-order chi connectivity index (χ0) is 18.0. The van der Waals surface area contributed by atoms with Crippen LogP contribution in [-0.4, -0.2) is 20.4 Å². The van der Waals surface area contributed by atoms with Crippen LogP contribution in [0.5, 0.6) is 0 Å². The first-order chi connectivity index (χ1) is 12.0. The molecule has 1 aromatic carbocycles. The maximum absolute atomic E-state index is 9.26. The summed E-state index contributed by atoms with van der Waals surface area (Å²) in [6, 6.07) is 10.8. The van der Waals surface area contributed by atoms with Crippen molar-refractivity contribution in [1.82, 2.24) is 14.6 Å². The molecule has 0 unspecified atom stereocenters. The third kappa shape index (κ3) is 3.31. The van der Waals surface area contributed by atoms with Crippen LogP contribution >= 0.6 is 11.8 Å². The fourth-order valence-electron chi connectivity index (χ4n) is 3.11. The molecule has 126 valence electrons. The summed E-state index contributed by atoms with van der Waals surface area (Å²) in [6.07, 6.45) is 0.995. The van der Waals surface area contributed by atoms with Gasteiger partial charge < -0.3 is 0 Å². The summed E-state index contributed by atoms with van der Waals surface area (Å²) < 4.78 is 2.08. The van der Waals surface area contributed by atoms with Gasteiger partial charge in [0, 0.05) is 17.6 Å². The van der Waals surface area contributed by atoms with Crippen molar-refractivity contribution in [3.63, 3.8) is 0 Å². The zero-order valence-electron chi connectivity index (χ0n) is 14.6. The van der Waals surface area contributed by atoms with E-state index in [1.165, 1.54) is 33.8 Å². The monoisotopic (exact) mass is 349 g/mol. The van der Waals surface area contributed by atoms with E-state index < -0.39 is 0 Å². The molecule has 0 fully saturated rings. The number of aryl methyl sites for hydroxylation is 3.